The lowest BCUT2D eigenvalue weighted by Gasteiger charge is -2.07. The van der Waals surface area contributed by atoms with Gasteiger partial charge in [-0.05, 0) is 24.1 Å². The number of thiophene rings is 1. The van der Waals surface area contributed by atoms with Crippen LogP contribution in [0.4, 0.5) is 5.69 Å². The highest BCUT2D eigenvalue weighted by Gasteiger charge is 2.23. The number of benzene rings is 2. The van der Waals surface area contributed by atoms with Gasteiger partial charge in [-0.15, -0.1) is 11.3 Å². The van der Waals surface area contributed by atoms with Crippen molar-refractivity contribution >= 4 is 38.7 Å². The van der Waals surface area contributed by atoms with E-state index in [9.17, 15) is 18.0 Å². The number of hydrogen-bond donors (Lipinski definition) is 1. The molecule has 0 aliphatic heterocycles. The van der Waals surface area contributed by atoms with Crippen LogP contribution >= 0.6 is 11.3 Å². The number of nitrogens with one attached hydrogen (secondary N) is 1. The summed E-state index contributed by atoms with van der Waals surface area (Å²) < 4.78 is 29.9. The van der Waals surface area contributed by atoms with Crippen molar-refractivity contribution in [2.24, 2.45) is 0 Å². The number of hydrogen-bond acceptors (Lipinski definition) is 6. The van der Waals surface area contributed by atoms with Crippen LogP contribution in [0.2, 0.25) is 0 Å². The third kappa shape index (κ3) is 5.77. The Labute approximate surface area is 179 Å². The van der Waals surface area contributed by atoms with Crippen LogP contribution in [0.3, 0.4) is 0 Å². The first-order valence-electron chi connectivity index (χ1n) is 9.28. The molecule has 1 heterocycles. The molecule has 2 aromatic carbocycles. The van der Waals surface area contributed by atoms with Crippen molar-refractivity contribution in [3.8, 4) is 10.4 Å². The van der Waals surface area contributed by atoms with Crippen molar-refractivity contribution in [2.45, 2.75) is 12.7 Å². The predicted molar refractivity (Wildman–Crippen MR) is 118 cm³/mol. The number of carbonyl (C=O) groups excluding carboxylic acids is 2. The van der Waals surface area contributed by atoms with Gasteiger partial charge in [0.2, 0.25) is 5.91 Å². The molecule has 3 aromatic rings. The van der Waals surface area contributed by atoms with Crippen LogP contribution in [0.25, 0.3) is 10.4 Å². The van der Waals surface area contributed by atoms with Gasteiger partial charge in [-0.1, -0.05) is 60.7 Å². The summed E-state index contributed by atoms with van der Waals surface area (Å²) in [4.78, 5) is 25.8. The summed E-state index contributed by atoms with van der Waals surface area (Å²) in [6.07, 6.45) is 0. The van der Waals surface area contributed by atoms with E-state index in [0.29, 0.717) is 5.56 Å². The highest BCUT2D eigenvalue weighted by atomic mass is 32.2. The SMILES string of the molecule is CCOC(=O)c1sc(-c2ccccc2)cc1NC(=O)CS(=O)(=O)Cc1ccccc1. The first-order chi connectivity index (χ1) is 14.4. The van der Waals surface area contributed by atoms with E-state index in [2.05, 4.69) is 5.32 Å². The number of anilines is 1. The molecule has 0 unspecified atom stereocenters. The van der Waals surface area contributed by atoms with Crippen molar-refractivity contribution in [1.29, 1.82) is 0 Å². The van der Waals surface area contributed by atoms with Gasteiger partial charge in [-0.3, -0.25) is 4.79 Å². The van der Waals surface area contributed by atoms with Crippen LogP contribution < -0.4 is 5.32 Å². The van der Waals surface area contributed by atoms with E-state index in [1.165, 1.54) is 11.3 Å². The molecule has 0 saturated heterocycles. The molecule has 3 rings (SSSR count). The maximum absolute atomic E-state index is 12.5. The van der Waals surface area contributed by atoms with Crippen molar-refractivity contribution in [3.63, 3.8) is 0 Å². The Bertz CT molecular complexity index is 1120. The number of ether oxygens (including phenoxy) is 1. The Hall–Kier alpha value is -2.97. The molecule has 0 saturated carbocycles. The van der Waals surface area contributed by atoms with Gasteiger partial charge in [0.1, 0.15) is 10.6 Å². The van der Waals surface area contributed by atoms with E-state index in [1.807, 2.05) is 30.3 Å². The van der Waals surface area contributed by atoms with Gasteiger partial charge in [0, 0.05) is 4.88 Å². The molecule has 0 atom stereocenters. The number of rotatable bonds is 8. The van der Waals surface area contributed by atoms with Crippen LogP contribution in [0, 0.1) is 0 Å². The zero-order valence-corrected chi connectivity index (χ0v) is 18.0. The topological polar surface area (TPSA) is 89.5 Å². The summed E-state index contributed by atoms with van der Waals surface area (Å²) in [6, 6.07) is 19.7. The summed E-state index contributed by atoms with van der Waals surface area (Å²) in [7, 11) is -3.67. The average molecular weight is 444 g/mol. The lowest BCUT2D eigenvalue weighted by Crippen LogP contribution is -2.24. The highest BCUT2D eigenvalue weighted by molar-refractivity contribution is 7.91. The Kier molecular flexibility index (Phi) is 7.02. The molecule has 6 nitrogen and oxygen atoms in total. The van der Waals surface area contributed by atoms with Gasteiger partial charge < -0.3 is 10.1 Å². The maximum atomic E-state index is 12.5. The van der Waals surface area contributed by atoms with Crippen molar-refractivity contribution in [1.82, 2.24) is 0 Å². The molecule has 0 spiro atoms. The van der Waals surface area contributed by atoms with Gasteiger partial charge >= 0.3 is 5.97 Å². The Morgan fingerprint density at radius 1 is 1.00 bits per heavy atom. The molecule has 1 N–H and O–H groups in total. The van der Waals surface area contributed by atoms with Gasteiger partial charge in [-0.2, -0.15) is 0 Å². The zero-order valence-electron chi connectivity index (χ0n) is 16.3. The molecule has 156 valence electrons. The maximum Gasteiger partial charge on any atom is 0.350 e. The first-order valence-corrected chi connectivity index (χ1v) is 11.9. The normalized spacial score (nSPS) is 11.1. The third-order valence-corrected chi connectivity index (χ3v) is 6.75. The Balaban J connectivity index is 1.79. The van der Waals surface area contributed by atoms with E-state index in [0.717, 1.165) is 10.4 Å². The summed E-state index contributed by atoms with van der Waals surface area (Å²) in [5.41, 5.74) is 1.74. The first kappa shape index (κ1) is 21.7. The van der Waals surface area contributed by atoms with E-state index in [4.69, 9.17) is 4.74 Å². The smallest absolute Gasteiger partial charge is 0.350 e. The molecule has 0 bridgehead atoms. The summed E-state index contributed by atoms with van der Waals surface area (Å²) in [6.45, 7) is 1.88. The number of carbonyl (C=O) groups is 2. The second-order valence-electron chi connectivity index (χ2n) is 6.51. The zero-order chi connectivity index (χ0) is 21.6. The fourth-order valence-electron chi connectivity index (χ4n) is 2.84. The molecule has 8 heteroatoms. The van der Waals surface area contributed by atoms with Gasteiger partial charge in [-0.25, -0.2) is 13.2 Å². The van der Waals surface area contributed by atoms with E-state index >= 15 is 0 Å². The monoisotopic (exact) mass is 443 g/mol. The molecule has 0 aliphatic rings. The van der Waals surface area contributed by atoms with Crippen LogP contribution in [-0.4, -0.2) is 32.7 Å². The number of amides is 1. The van der Waals surface area contributed by atoms with Gasteiger partial charge in [0.15, 0.2) is 9.84 Å². The van der Waals surface area contributed by atoms with Crippen LogP contribution in [0.1, 0.15) is 22.2 Å². The van der Waals surface area contributed by atoms with Crippen molar-refractivity contribution in [3.05, 3.63) is 77.2 Å². The van der Waals surface area contributed by atoms with Crippen LogP contribution in [0.5, 0.6) is 0 Å². The molecule has 1 aromatic heterocycles. The third-order valence-electron chi connectivity index (χ3n) is 4.11. The Morgan fingerprint density at radius 2 is 1.63 bits per heavy atom. The number of sulfone groups is 1. The quantitative estimate of drug-likeness (QED) is 0.529. The van der Waals surface area contributed by atoms with E-state index < -0.39 is 27.5 Å². The molecular formula is C22H21NO5S2. The number of esters is 1. The lowest BCUT2D eigenvalue weighted by atomic mass is 10.2. The Morgan fingerprint density at radius 3 is 2.27 bits per heavy atom. The van der Waals surface area contributed by atoms with Crippen molar-refractivity contribution < 1.29 is 22.7 Å². The minimum Gasteiger partial charge on any atom is -0.462 e. The highest BCUT2D eigenvalue weighted by Crippen LogP contribution is 2.35. The molecule has 30 heavy (non-hydrogen) atoms. The second-order valence-corrected chi connectivity index (χ2v) is 9.62. The standard InChI is InChI=1S/C22H21NO5S2/c1-2-28-22(25)21-18(13-19(29-21)17-11-7-4-8-12-17)23-20(24)15-30(26,27)14-16-9-5-3-6-10-16/h3-13H,2,14-15H2,1H3,(H,23,24). The predicted octanol–water partition coefficient (Wildman–Crippen LogP) is 4.15. The van der Waals surface area contributed by atoms with Crippen LogP contribution in [0.15, 0.2) is 66.7 Å². The minimum absolute atomic E-state index is 0.191. The van der Waals surface area contributed by atoms with Gasteiger partial charge in [0.25, 0.3) is 0 Å². The molecule has 1 amide bonds. The lowest BCUT2D eigenvalue weighted by molar-refractivity contribution is -0.113. The minimum atomic E-state index is -3.67. The molecular weight excluding hydrogens is 422 g/mol. The fraction of sp³-hybridized carbons (Fsp3) is 0.182. The van der Waals surface area contributed by atoms with Crippen LogP contribution in [-0.2, 0) is 25.1 Å². The summed E-state index contributed by atoms with van der Waals surface area (Å²) in [5, 5.41) is 2.57. The molecule has 0 radical (unpaired) electrons. The summed E-state index contributed by atoms with van der Waals surface area (Å²) >= 11 is 1.18. The second kappa shape index (κ2) is 9.69. The van der Waals surface area contributed by atoms with Crippen molar-refractivity contribution in [2.75, 3.05) is 17.7 Å². The summed E-state index contributed by atoms with van der Waals surface area (Å²) in [5.74, 6) is -2.17. The molecule has 0 fully saturated rings. The average Bonchev–Trinajstić information content (AvgIpc) is 3.12. The largest absolute Gasteiger partial charge is 0.462 e. The van der Waals surface area contributed by atoms with Gasteiger partial charge in [0.05, 0.1) is 18.0 Å². The molecule has 0 aliphatic carbocycles. The van der Waals surface area contributed by atoms with E-state index in [1.54, 1.807) is 43.3 Å². The fourth-order valence-corrected chi connectivity index (χ4v) is 5.13. The van der Waals surface area contributed by atoms with E-state index in [-0.39, 0.29) is 22.9 Å².